The molecule has 0 aliphatic carbocycles. The van der Waals surface area contributed by atoms with Gasteiger partial charge >= 0.3 is 0 Å². The number of nitrogens with one attached hydrogen (secondary N) is 1. The molecule has 17 heavy (non-hydrogen) atoms. The van der Waals surface area contributed by atoms with Gasteiger partial charge in [0, 0.05) is 25.7 Å². The number of pyridine rings is 1. The lowest BCUT2D eigenvalue weighted by atomic mass is 10.3. The lowest BCUT2D eigenvalue weighted by molar-refractivity contribution is -0.119. The molecule has 1 N–H and O–H groups in total. The number of hydrogen-bond acceptors (Lipinski definition) is 4. The highest BCUT2D eigenvalue weighted by Gasteiger charge is 2.08. The van der Waals surface area contributed by atoms with Crippen LogP contribution in [0.5, 0.6) is 0 Å². The predicted octanol–water partition coefficient (Wildman–Crippen LogP) is 0.852. The molecule has 6 heteroatoms. The van der Waals surface area contributed by atoms with Gasteiger partial charge < -0.3 is 10.1 Å². The lowest BCUT2D eigenvalue weighted by Gasteiger charge is -2.09. The molecule has 6 nitrogen and oxygen atoms in total. The molecular weight excluding hydrogens is 220 g/mol. The topological polar surface area (TPSA) is 69.0 Å². The van der Waals surface area contributed by atoms with Crippen LogP contribution in [-0.4, -0.2) is 34.4 Å². The first-order chi connectivity index (χ1) is 8.31. The van der Waals surface area contributed by atoms with Gasteiger partial charge in [-0.05, 0) is 18.2 Å². The average molecular weight is 232 g/mol. The molecule has 0 aromatic carbocycles. The summed E-state index contributed by atoms with van der Waals surface area (Å²) in [7, 11) is 1.47. The maximum Gasteiger partial charge on any atom is 0.250 e. The number of methoxy groups -OCH3 is 1. The average Bonchev–Trinajstić information content (AvgIpc) is 2.83. The van der Waals surface area contributed by atoms with E-state index in [0.717, 1.165) is 0 Å². The van der Waals surface area contributed by atoms with Gasteiger partial charge in [-0.3, -0.25) is 4.79 Å². The van der Waals surface area contributed by atoms with E-state index in [2.05, 4.69) is 15.4 Å². The number of aromatic nitrogens is 3. The van der Waals surface area contributed by atoms with Crippen LogP contribution in [0.1, 0.15) is 0 Å². The lowest BCUT2D eigenvalue weighted by Crippen LogP contribution is -2.18. The maximum atomic E-state index is 11.4. The van der Waals surface area contributed by atoms with Crippen LogP contribution in [0.25, 0.3) is 5.82 Å². The van der Waals surface area contributed by atoms with Crippen LogP contribution in [0, 0.1) is 0 Å². The summed E-state index contributed by atoms with van der Waals surface area (Å²) in [5, 5.41) is 6.78. The third-order valence-corrected chi connectivity index (χ3v) is 2.06. The van der Waals surface area contributed by atoms with Crippen LogP contribution < -0.4 is 5.32 Å². The Bertz CT molecular complexity index is 496. The summed E-state index contributed by atoms with van der Waals surface area (Å²) in [4.78, 5) is 15.6. The molecule has 0 radical (unpaired) electrons. The Labute approximate surface area is 98.2 Å². The normalized spacial score (nSPS) is 10.2. The van der Waals surface area contributed by atoms with Crippen molar-refractivity contribution in [2.75, 3.05) is 19.0 Å². The minimum atomic E-state index is -0.228. The van der Waals surface area contributed by atoms with Crippen molar-refractivity contribution in [3.05, 3.63) is 36.8 Å². The second-order valence-corrected chi connectivity index (χ2v) is 3.31. The SMILES string of the molecule is COCC(=O)Nc1cccnc1-n1cccn1. The molecule has 2 rings (SSSR count). The number of carbonyl (C=O) groups excluding carboxylic acids is 1. The summed E-state index contributed by atoms with van der Waals surface area (Å²) in [6.45, 7) is 0.00738. The number of anilines is 1. The third-order valence-electron chi connectivity index (χ3n) is 2.06. The van der Waals surface area contributed by atoms with Gasteiger partial charge in [0.2, 0.25) is 5.91 Å². The molecule has 0 aliphatic heterocycles. The van der Waals surface area contributed by atoms with Crippen molar-refractivity contribution in [3.8, 4) is 5.82 Å². The van der Waals surface area contributed by atoms with Gasteiger partial charge in [0.15, 0.2) is 5.82 Å². The van der Waals surface area contributed by atoms with E-state index in [4.69, 9.17) is 4.74 Å². The van der Waals surface area contributed by atoms with E-state index >= 15 is 0 Å². The number of rotatable bonds is 4. The summed E-state index contributed by atoms with van der Waals surface area (Å²) < 4.78 is 6.34. The molecule has 0 unspecified atom stereocenters. The van der Waals surface area contributed by atoms with Crippen LogP contribution in [0.4, 0.5) is 5.69 Å². The fraction of sp³-hybridized carbons (Fsp3) is 0.182. The highest BCUT2D eigenvalue weighted by Crippen LogP contribution is 2.15. The molecule has 2 heterocycles. The van der Waals surface area contributed by atoms with E-state index < -0.39 is 0 Å². The molecule has 1 amide bonds. The highest BCUT2D eigenvalue weighted by atomic mass is 16.5. The molecule has 0 bridgehead atoms. The molecule has 0 saturated heterocycles. The van der Waals surface area contributed by atoms with Gasteiger partial charge in [-0.2, -0.15) is 5.10 Å². The molecular formula is C11H12N4O2. The number of carbonyl (C=O) groups is 1. The van der Waals surface area contributed by atoms with E-state index in [9.17, 15) is 4.79 Å². The van der Waals surface area contributed by atoms with Crippen molar-refractivity contribution < 1.29 is 9.53 Å². The fourth-order valence-electron chi connectivity index (χ4n) is 1.39. The zero-order valence-electron chi connectivity index (χ0n) is 9.33. The first kappa shape index (κ1) is 11.3. The fourth-order valence-corrected chi connectivity index (χ4v) is 1.39. The smallest absolute Gasteiger partial charge is 0.250 e. The molecule has 88 valence electrons. The summed E-state index contributed by atoms with van der Waals surface area (Å²) in [6.07, 6.45) is 5.05. The number of nitrogens with zero attached hydrogens (tertiary/aromatic N) is 3. The van der Waals surface area contributed by atoms with E-state index in [1.165, 1.54) is 7.11 Å². The Morgan fingerprint density at radius 2 is 2.35 bits per heavy atom. The Morgan fingerprint density at radius 3 is 3.06 bits per heavy atom. The van der Waals surface area contributed by atoms with Crippen LogP contribution in [0.2, 0.25) is 0 Å². The second-order valence-electron chi connectivity index (χ2n) is 3.31. The number of amides is 1. The maximum absolute atomic E-state index is 11.4. The molecule has 2 aromatic rings. The number of ether oxygens (including phenoxy) is 1. The van der Waals surface area contributed by atoms with Crippen LogP contribution in [0.15, 0.2) is 36.8 Å². The summed E-state index contributed by atoms with van der Waals surface area (Å²) in [5.41, 5.74) is 0.596. The zero-order chi connectivity index (χ0) is 12.1. The Balaban J connectivity index is 2.25. The molecule has 0 atom stereocenters. The first-order valence-corrected chi connectivity index (χ1v) is 5.05. The predicted molar refractivity (Wildman–Crippen MR) is 61.9 cm³/mol. The van der Waals surface area contributed by atoms with Gasteiger partial charge in [0.05, 0.1) is 5.69 Å². The Kier molecular flexibility index (Phi) is 3.46. The molecule has 0 aliphatic rings. The number of hydrogen-bond donors (Lipinski definition) is 1. The minimum Gasteiger partial charge on any atom is -0.375 e. The van der Waals surface area contributed by atoms with Crippen molar-refractivity contribution in [2.45, 2.75) is 0 Å². The van der Waals surface area contributed by atoms with E-state index in [1.807, 2.05) is 0 Å². The van der Waals surface area contributed by atoms with Crippen molar-refractivity contribution in [2.24, 2.45) is 0 Å². The van der Waals surface area contributed by atoms with Gasteiger partial charge in [-0.15, -0.1) is 0 Å². The molecule has 2 aromatic heterocycles. The van der Waals surface area contributed by atoms with E-state index in [1.54, 1.807) is 41.5 Å². The standard InChI is InChI=1S/C11H12N4O2/c1-17-8-10(16)14-9-4-2-5-12-11(9)15-7-3-6-13-15/h2-7H,8H2,1H3,(H,14,16). The van der Waals surface area contributed by atoms with Crippen LogP contribution in [0.3, 0.4) is 0 Å². The van der Waals surface area contributed by atoms with Gasteiger partial charge in [-0.1, -0.05) is 0 Å². The van der Waals surface area contributed by atoms with E-state index in [-0.39, 0.29) is 12.5 Å². The second kappa shape index (κ2) is 5.22. The summed E-state index contributed by atoms with van der Waals surface area (Å²) >= 11 is 0. The highest BCUT2D eigenvalue weighted by molar-refractivity contribution is 5.93. The zero-order valence-corrected chi connectivity index (χ0v) is 9.33. The monoisotopic (exact) mass is 232 g/mol. The van der Waals surface area contributed by atoms with Crippen molar-refractivity contribution >= 4 is 11.6 Å². The quantitative estimate of drug-likeness (QED) is 0.848. The minimum absolute atomic E-state index is 0.00738. The Hall–Kier alpha value is -2.21. The summed E-state index contributed by atoms with van der Waals surface area (Å²) in [5.74, 6) is 0.343. The van der Waals surface area contributed by atoms with Gasteiger partial charge in [0.1, 0.15) is 6.61 Å². The van der Waals surface area contributed by atoms with Gasteiger partial charge in [-0.25, -0.2) is 9.67 Å². The van der Waals surface area contributed by atoms with E-state index in [0.29, 0.717) is 11.5 Å². The Morgan fingerprint density at radius 1 is 1.47 bits per heavy atom. The van der Waals surface area contributed by atoms with Crippen LogP contribution >= 0.6 is 0 Å². The summed E-state index contributed by atoms with van der Waals surface area (Å²) in [6, 6.07) is 5.29. The largest absolute Gasteiger partial charge is 0.375 e. The van der Waals surface area contributed by atoms with Crippen molar-refractivity contribution in [1.29, 1.82) is 0 Å². The first-order valence-electron chi connectivity index (χ1n) is 5.05. The third kappa shape index (κ3) is 2.67. The molecule has 0 saturated carbocycles. The van der Waals surface area contributed by atoms with Crippen molar-refractivity contribution in [3.63, 3.8) is 0 Å². The van der Waals surface area contributed by atoms with Gasteiger partial charge in [0.25, 0.3) is 0 Å². The molecule has 0 fully saturated rings. The van der Waals surface area contributed by atoms with Crippen LogP contribution in [-0.2, 0) is 9.53 Å². The molecule has 0 spiro atoms. The van der Waals surface area contributed by atoms with Crippen molar-refractivity contribution in [1.82, 2.24) is 14.8 Å².